The summed E-state index contributed by atoms with van der Waals surface area (Å²) in [5.41, 5.74) is 1.30. The van der Waals surface area contributed by atoms with Crippen molar-refractivity contribution in [2.24, 2.45) is 11.8 Å². The highest BCUT2D eigenvalue weighted by Crippen LogP contribution is 2.33. The zero-order valence-electron chi connectivity index (χ0n) is 10.1. The summed E-state index contributed by atoms with van der Waals surface area (Å²) in [6.07, 6.45) is 1.91. The molecule has 0 aliphatic carbocycles. The molecule has 0 spiro atoms. The highest BCUT2D eigenvalue weighted by molar-refractivity contribution is 5.47. The SMILES string of the molecule is Cc1cccnc1N1CC2CN(C)CC2C1. The second-order valence-corrected chi connectivity index (χ2v) is 5.29. The van der Waals surface area contributed by atoms with Crippen LogP contribution in [0.3, 0.4) is 0 Å². The van der Waals surface area contributed by atoms with E-state index in [2.05, 4.69) is 34.8 Å². The molecule has 2 unspecified atom stereocenters. The Balaban J connectivity index is 1.78. The quantitative estimate of drug-likeness (QED) is 0.708. The first kappa shape index (κ1) is 10.1. The molecule has 0 N–H and O–H groups in total. The summed E-state index contributed by atoms with van der Waals surface area (Å²) in [6.45, 7) is 7.04. The highest BCUT2D eigenvalue weighted by Gasteiger charge is 2.39. The Labute approximate surface area is 97.1 Å². The van der Waals surface area contributed by atoms with Crippen molar-refractivity contribution in [2.45, 2.75) is 6.92 Å². The minimum atomic E-state index is 0.853. The Kier molecular flexibility index (Phi) is 2.36. The second-order valence-electron chi connectivity index (χ2n) is 5.29. The van der Waals surface area contributed by atoms with Crippen LogP contribution in [0.5, 0.6) is 0 Å². The van der Waals surface area contributed by atoms with Gasteiger partial charge in [-0.2, -0.15) is 0 Å². The largest absolute Gasteiger partial charge is 0.356 e. The van der Waals surface area contributed by atoms with E-state index in [0.29, 0.717) is 0 Å². The van der Waals surface area contributed by atoms with Crippen LogP contribution in [0.25, 0.3) is 0 Å². The zero-order chi connectivity index (χ0) is 11.1. The number of likely N-dealkylation sites (tertiary alicyclic amines) is 1. The molecule has 0 saturated carbocycles. The molecule has 2 aliphatic rings. The van der Waals surface area contributed by atoms with E-state index in [1.807, 2.05) is 12.3 Å². The minimum absolute atomic E-state index is 0.853. The van der Waals surface area contributed by atoms with E-state index >= 15 is 0 Å². The van der Waals surface area contributed by atoms with E-state index in [1.54, 1.807) is 0 Å². The van der Waals surface area contributed by atoms with Crippen LogP contribution < -0.4 is 4.90 Å². The number of hydrogen-bond donors (Lipinski definition) is 0. The fraction of sp³-hybridized carbons (Fsp3) is 0.615. The van der Waals surface area contributed by atoms with Gasteiger partial charge in [-0.15, -0.1) is 0 Å². The highest BCUT2D eigenvalue weighted by atomic mass is 15.3. The summed E-state index contributed by atoms with van der Waals surface area (Å²) in [7, 11) is 2.23. The van der Waals surface area contributed by atoms with Gasteiger partial charge in [-0.3, -0.25) is 0 Å². The average Bonchev–Trinajstić information content (AvgIpc) is 2.75. The molecule has 0 bridgehead atoms. The van der Waals surface area contributed by atoms with Gasteiger partial charge in [0.25, 0.3) is 0 Å². The molecule has 3 heteroatoms. The molecule has 0 aromatic carbocycles. The Bertz CT molecular complexity index is 377. The lowest BCUT2D eigenvalue weighted by Gasteiger charge is -2.21. The second kappa shape index (κ2) is 3.74. The number of rotatable bonds is 1. The Morgan fingerprint density at radius 1 is 1.19 bits per heavy atom. The average molecular weight is 217 g/mol. The molecule has 16 heavy (non-hydrogen) atoms. The predicted octanol–water partition coefficient (Wildman–Crippen LogP) is 1.39. The van der Waals surface area contributed by atoms with Gasteiger partial charge in [0.2, 0.25) is 0 Å². The summed E-state index contributed by atoms with van der Waals surface area (Å²) in [6, 6.07) is 4.17. The smallest absolute Gasteiger partial charge is 0.131 e. The van der Waals surface area contributed by atoms with Crippen molar-refractivity contribution < 1.29 is 0 Å². The Morgan fingerprint density at radius 2 is 1.88 bits per heavy atom. The number of pyridine rings is 1. The van der Waals surface area contributed by atoms with Gasteiger partial charge in [0, 0.05) is 32.4 Å². The number of hydrogen-bond acceptors (Lipinski definition) is 3. The first-order chi connectivity index (χ1) is 7.74. The van der Waals surface area contributed by atoms with Crippen LogP contribution in [0.1, 0.15) is 5.56 Å². The van der Waals surface area contributed by atoms with Gasteiger partial charge in [-0.05, 0) is 37.4 Å². The van der Waals surface area contributed by atoms with Crippen LogP contribution in [0.2, 0.25) is 0 Å². The predicted molar refractivity (Wildman–Crippen MR) is 65.7 cm³/mol. The third-order valence-electron chi connectivity index (χ3n) is 3.95. The minimum Gasteiger partial charge on any atom is -0.356 e. The number of nitrogens with zero attached hydrogens (tertiary/aromatic N) is 3. The van der Waals surface area contributed by atoms with Gasteiger partial charge < -0.3 is 9.80 Å². The van der Waals surface area contributed by atoms with Gasteiger partial charge in [-0.1, -0.05) is 6.07 Å². The van der Waals surface area contributed by atoms with Gasteiger partial charge in [0.05, 0.1) is 0 Å². The van der Waals surface area contributed by atoms with Crippen LogP contribution in [0.15, 0.2) is 18.3 Å². The maximum absolute atomic E-state index is 4.52. The number of fused-ring (bicyclic) bond motifs is 1. The van der Waals surface area contributed by atoms with E-state index in [1.165, 1.54) is 37.6 Å². The molecule has 3 heterocycles. The van der Waals surface area contributed by atoms with E-state index < -0.39 is 0 Å². The van der Waals surface area contributed by atoms with Gasteiger partial charge in [-0.25, -0.2) is 4.98 Å². The fourth-order valence-electron chi connectivity index (χ4n) is 3.21. The number of aryl methyl sites for hydroxylation is 1. The van der Waals surface area contributed by atoms with Crippen molar-refractivity contribution in [3.63, 3.8) is 0 Å². The first-order valence-electron chi connectivity index (χ1n) is 6.09. The summed E-state index contributed by atoms with van der Waals surface area (Å²) in [5.74, 6) is 2.90. The van der Waals surface area contributed by atoms with Gasteiger partial charge >= 0.3 is 0 Å². The fourth-order valence-corrected chi connectivity index (χ4v) is 3.21. The van der Waals surface area contributed by atoms with E-state index in [0.717, 1.165) is 11.8 Å². The molecule has 2 saturated heterocycles. The normalized spacial score (nSPS) is 29.8. The molecule has 0 radical (unpaired) electrons. The Hall–Kier alpha value is -1.09. The Morgan fingerprint density at radius 3 is 2.50 bits per heavy atom. The monoisotopic (exact) mass is 217 g/mol. The lowest BCUT2D eigenvalue weighted by atomic mass is 10.0. The van der Waals surface area contributed by atoms with Crippen LogP contribution in [0, 0.1) is 18.8 Å². The van der Waals surface area contributed by atoms with Crippen LogP contribution >= 0.6 is 0 Å². The van der Waals surface area contributed by atoms with Crippen LogP contribution in [0.4, 0.5) is 5.82 Å². The van der Waals surface area contributed by atoms with Crippen molar-refractivity contribution >= 4 is 5.82 Å². The lowest BCUT2D eigenvalue weighted by molar-refractivity contribution is 0.387. The third kappa shape index (κ3) is 1.59. The summed E-state index contributed by atoms with van der Waals surface area (Å²) in [4.78, 5) is 9.45. The maximum atomic E-state index is 4.52. The number of anilines is 1. The molecule has 86 valence electrons. The summed E-state index contributed by atoms with van der Waals surface area (Å²) in [5, 5.41) is 0. The third-order valence-corrected chi connectivity index (χ3v) is 3.95. The molecule has 0 amide bonds. The molecule has 1 aromatic rings. The van der Waals surface area contributed by atoms with Crippen molar-refractivity contribution in [1.82, 2.24) is 9.88 Å². The standard InChI is InChI=1S/C13H19N3/c1-10-4-3-5-14-13(10)16-8-11-6-15(2)7-12(11)9-16/h3-5,11-12H,6-9H2,1-2H3. The maximum Gasteiger partial charge on any atom is 0.131 e. The molecular formula is C13H19N3. The summed E-state index contributed by atoms with van der Waals surface area (Å²) >= 11 is 0. The molecule has 1 aromatic heterocycles. The molecule has 2 fully saturated rings. The van der Waals surface area contributed by atoms with Crippen LogP contribution in [-0.4, -0.2) is 43.1 Å². The van der Waals surface area contributed by atoms with Crippen molar-refractivity contribution in [3.05, 3.63) is 23.9 Å². The van der Waals surface area contributed by atoms with Crippen LogP contribution in [-0.2, 0) is 0 Å². The topological polar surface area (TPSA) is 19.4 Å². The summed E-state index contributed by atoms with van der Waals surface area (Å²) < 4.78 is 0. The molecular weight excluding hydrogens is 198 g/mol. The molecule has 3 nitrogen and oxygen atoms in total. The van der Waals surface area contributed by atoms with Gasteiger partial charge in [0.15, 0.2) is 0 Å². The molecule has 3 rings (SSSR count). The zero-order valence-corrected chi connectivity index (χ0v) is 10.1. The van der Waals surface area contributed by atoms with Gasteiger partial charge in [0.1, 0.15) is 5.82 Å². The van der Waals surface area contributed by atoms with E-state index in [-0.39, 0.29) is 0 Å². The first-order valence-corrected chi connectivity index (χ1v) is 6.09. The van der Waals surface area contributed by atoms with E-state index in [9.17, 15) is 0 Å². The molecule has 2 aliphatic heterocycles. The number of aromatic nitrogens is 1. The lowest BCUT2D eigenvalue weighted by Crippen LogP contribution is -2.27. The van der Waals surface area contributed by atoms with Crippen molar-refractivity contribution in [2.75, 3.05) is 38.1 Å². The van der Waals surface area contributed by atoms with E-state index in [4.69, 9.17) is 0 Å². The van der Waals surface area contributed by atoms with Crippen molar-refractivity contribution in [3.8, 4) is 0 Å². The van der Waals surface area contributed by atoms with Crippen molar-refractivity contribution in [1.29, 1.82) is 0 Å². The molecule has 2 atom stereocenters.